The van der Waals surface area contributed by atoms with Crippen LogP contribution < -0.4 is 14.2 Å². The van der Waals surface area contributed by atoms with Gasteiger partial charge in [-0.15, -0.1) is 0 Å². The number of hydrogen-bond acceptors (Lipinski definition) is 6. The highest BCUT2D eigenvalue weighted by molar-refractivity contribution is 6.46. The quantitative estimate of drug-likeness (QED) is 0.252. The predicted octanol–water partition coefficient (Wildman–Crippen LogP) is 5.42. The fourth-order valence-electron chi connectivity index (χ4n) is 4.51. The molecule has 1 aliphatic heterocycles. The van der Waals surface area contributed by atoms with Crippen LogP contribution >= 0.6 is 0 Å². The first-order chi connectivity index (χ1) is 17.7. The number of ketones is 1. The van der Waals surface area contributed by atoms with Crippen molar-refractivity contribution >= 4 is 17.4 Å². The molecule has 0 bridgehead atoms. The maximum absolute atomic E-state index is 13.4. The van der Waals surface area contributed by atoms with Crippen molar-refractivity contribution in [3.8, 4) is 17.2 Å². The van der Waals surface area contributed by atoms with Crippen molar-refractivity contribution < 1.29 is 28.9 Å². The fourth-order valence-corrected chi connectivity index (χ4v) is 4.51. The highest BCUT2D eigenvalue weighted by Crippen LogP contribution is 2.42. The summed E-state index contributed by atoms with van der Waals surface area (Å²) in [5, 5.41) is 11.5. The number of methoxy groups -OCH3 is 2. The van der Waals surface area contributed by atoms with Crippen molar-refractivity contribution in [2.24, 2.45) is 0 Å². The zero-order chi connectivity index (χ0) is 26.7. The number of aliphatic hydroxyl groups is 1. The maximum atomic E-state index is 13.4. The second-order valence-electron chi connectivity index (χ2n) is 9.22. The van der Waals surface area contributed by atoms with Gasteiger partial charge in [0.25, 0.3) is 11.7 Å². The number of ether oxygens (including phenoxy) is 3. The van der Waals surface area contributed by atoms with Crippen LogP contribution in [-0.2, 0) is 16.1 Å². The van der Waals surface area contributed by atoms with Gasteiger partial charge in [-0.25, -0.2) is 0 Å². The van der Waals surface area contributed by atoms with Crippen LogP contribution in [0.1, 0.15) is 42.1 Å². The van der Waals surface area contributed by atoms with Crippen molar-refractivity contribution in [3.05, 3.63) is 94.6 Å². The second kappa shape index (κ2) is 10.8. The lowest BCUT2D eigenvalue weighted by Crippen LogP contribution is -2.29. The molecular formula is C30H31NO6. The summed E-state index contributed by atoms with van der Waals surface area (Å²) in [4.78, 5) is 28.3. The van der Waals surface area contributed by atoms with Gasteiger partial charge in [-0.2, -0.15) is 0 Å². The Labute approximate surface area is 216 Å². The molecule has 1 aliphatic rings. The zero-order valence-electron chi connectivity index (χ0n) is 21.6. The Morgan fingerprint density at radius 2 is 1.68 bits per heavy atom. The molecule has 0 aromatic heterocycles. The molecule has 1 N–H and O–H groups in total. The summed E-state index contributed by atoms with van der Waals surface area (Å²) in [5.74, 6) is -0.00444. The summed E-state index contributed by atoms with van der Waals surface area (Å²) in [6.45, 7) is 5.90. The molecule has 1 heterocycles. The Kier molecular flexibility index (Phi) is 7.53. The first-order valence-electron chi connectivity index (χ1n) is 12.1. The van der Waals surface area contributed by atoms with Gasteiger partial charge < -0.3 is 24.2 Å². The van der Waals surface area contributed by atoms with Crippen LogP contribution in [-0.4, -0.2) is 42.0 Å². The topological polar surface area (TPSA) is 85.3 Å². The van der Waals surface area contributed by atoms with E-state index in [9.17, 15) is 14.7 Å². The van der Waals surface area contributed by atoms with Crippen LogP contribution in [0.3, 0.4) is 0 Å². The number of aryl methyl sites for hydroxylation is 1. The average Bonchev–Trinajstić information content (AvgIpc) is 3.13. The van der Waals surface area contributed by atoms with Crippen molar-refractivity contribution in [1.82, 2.24) is 4.90 Å². The molecule has 0 aliphatic carbocycles. The lowest BCUT2D eigenvalue weighted by molar-refractivity contribution is -0.140. The van der Waals surface area contributed by atoms with E-state index in [2.05, 4.69) is 0 Å². The van der Waals surface area contributed by atoms with E-state index in [1.165, 1.54) is 12.0 Å². The van der Waals surface area contributed by atoms with Crippen LogP contribution in [0.4, 0.5) is 0 Å². The Morgan fingerprint density at radius 3 is 2.32 bits per heavy atom. The molecule has 7 nitrogen and oxygen atoms in total. The van der Waals surface area contributed by atoms with Gasteiger partial charge in [0, 0.05) is 6.54 Å². The Morgan fingerprint density at radius 1 is 0.946 bits per heavy atom. The molecule has 192 valence electrons. The number of carbonyl (C=O) groups excluding carboxylic acids is 2. The Bertz CT molecular complexity index is 1340. The van der Waals surface area contributed by atoms with Crippen LogP contribution in [0.15, 0.2) is 72.3 Å². The van der Waals surface area contributed by atoms with E-state index in [1.807, 2.05) is 63.2 Å². The number of aliphatic hydroxyl groups excluding tert-OH is 1. The summed E-state index contributed by atoms with van der Waals surface area (Å²) in [5.41, 5.74) is 2.70. The molecule has 1 unspecified atom stereocenters. The van der Waals surface area contributed by atoms with Crippen LogP contribution in [0, 0.1) is 6.92 Å². The molecule has 0 spiro atoms. The highest BCUT2D eigenvalue weighted by atomic mass is 16.5. The summed E-state index contributed by atoms with van der Waals surface area (Å²) in [6, 6.07) is 19.0. The van der Waals surface area contributed by atoms with E-state index in [4.69, 9.17) is 14.2 Å². The van der Waals surface area contributed by atoms with Gasteiger partial charge in [0.1, 0.15) is 23.0 Å². The van der Waals surface area contributed by atoms with Crippen molar-refractivity contribution in [2.75, 3.05) is 14.2 Å². The normalized spacial score (nSPS) is 16.8. The molecule has 1 atom stereocenters. The minimum absolute atomic E-state index is 0.00154. The van der Waals surface area contributed by atoms with E-state index in [1.54, 1.807) is 31.4 Å². The smallest absolute Gasteiger partial charge is 0.295 e. The van der Waals surface area contributed by atoms with E-state index in [0.29, 0.717) is 28.4 Å². The first kappa shape index (κ1) is 25.8. The molecular weight excluding hydrogens is 470 g/mol. The molecule has 3 aromatic rings. The van der Waals surface area contributed by atoms with Gasteiger partial charge in [-0.3, -0.25) is 9.59 Å². The van der Waals surface area contributed by atoms with E-state index >= 15 is 0 Å². The summed E-state index contributed by atoms with van der Waals surface area (Å²) < 4.78 is 16.6. The molecule has 3 aromatic carbocycles. The Hall–Kier alpha value is -4.26. The van der Waals surface area contributed by atoms with Gasteiger partial charge in [0.2, 0.25) is 0 Å². The molecule has 7 heteroatoms. The van der Waals surface area contributed by atoms with Gasteiger partial charge >= 0.3 is 0 Å². The molecule has 4 rings (SSSR count). The number of hydrogen-bond donors (Lipinski definition) is 1. The summed E-state index contributed by atoms with van der Waals surface area (Å²) >= 11 is 0. The molecule has 1 fully saturated rings. The number of amides is 1. The van der Waals surface area contributed by atoms with Gasteiger partial charge in [-0.1, -0.05) is 35.9 Å². The zero-order valence-corrected chi connectivity index (χ0v) is 21.6. The maximum Gasteiger partial charge on any atom is 0.295 e. The lowest BCUT2D eigenvalue weighted by Gasteiger charge is -2.26. The number of nitrogens with zero attached hydrogens (tertiary/aromatic N) is 1. The van der Waals surface area contributed by atoms with Crippen LogP contribution in [0.5, 0.6) is 17.2 Å². The number of Topliss-reactive ketones (excluding diaryl/α,β-unsaturated/α-hetero) is 1. The highest BCUT2D eigenvalue weighted by Gasteiger charge is 2.46. The van der Waals surface area contributed by atoms with E-state index in [0.717, 1.165) is 11.1 Å². The minimum Gasteiger partial charge on any atom is -0.507 e. The monoisotopic (exact) mass is 501 g/mol. The molecule has 1 saturated heterocycles. The van der Waals surface area contributed by atoms with Gasteiger partial charge in [0.15, 0.2) is 0 Å². The molecule has 37 heavy (non-hydrogen) atoms. The Balaban J connectivity index is 1.86. The third-order valence-electron chi connectivity index (χ3n) is 6.20. The largest absolute Gasteiger partial charge is 0.507 e. The lowest BCUT2D eigenvalue weighted by atomic mass is 9.94. The number of benzene rings is 3. The van der Waals surface area contributed by atoms with Crippen LogP contribution in [0.25, 0.3) is 5.76 Å². The van der Waals surface area contributed by atoms with E-state index in [-0.39, 0.29) is 24.0 Å². The summed E-state index contributed by atoms with van der Waals surface area (Å²) in [6.07, 6.45) is -0.00154. The second-order valence-corrected chi connectivity index (χ2v) is 9.22. The number of likely N-dealkylation sites (tertiary alicyclic amines) is 1. The van der Waals surface area contributed by atoms with Crippen molar-refractivity contribution in [2.45, 2.75) is 39.5 Å². The molecule has 0 saturated carbocycles. The average molecular weight is 502 g/mol. The van der Waals surface area contributed by atoms with Crippen LogP contribution in [0.2, 0.25) is 0 Å². The number of carbonyl (C=O) groups is 2. The third kappa shape index (κ3) is 5.31. The van der Waals surface area contributed by atoms with Gasteiger partial charge in [0.05, 0.1) is 37.5 Å². The van der Waals surface area contributed by atoms with Crippen molar-refractivity contribution in [1.29, 1.82) is 0 Å². The van der Waals surface area contributed by atoms with Crippen molar-refractivity contribution in [3.63, 3.8) is 0 Å². The predicted molar refractivity (Wildman–Crippen MR) is 141 cm³/mol. The third-order valence-corrected chi connectivity index (χ3v) is 6.20. The fraction of sp³-hybridized carbons (Fsp3) is 0.267. The van der Waals surface area contributed by atoms with E-state index < -0.39 is 17.7 Å². The standard InChI is InChI=1S/C30H31NO6/c1-18(2)37-22-12-10-21(11-13-22)27-26(28(32)24-15-19(3)9-14-25(24)36-5)29(33)30(34)31(27)17-20-7-6-8-23(16-20)35-4/h6-16,18,27,32H,17H2,1-5H3/b28-26+. The minimum atomic E-state index is -0.815. The summed E-state index contributed by atoms with van der Waals surface area (Å²) in [7, 11) is 3.06. The first-order valence-corrected chi connectivity index (χ1v) is 12.1. The molecule has 1 amide bonds. The van der Waals surface area contributed by atoms with Gasteiger partial charge in [-0.05, 0) is 68.3 Å². The number of rotatable bonds is 8. The molecule has 0 radical (unpaired) electrons. The SMILES string of the molecule is COc1cccc(CN2C(=O)C(=O)/C(=C(/O)c3cc(C)ccc3OC)C2c2ccc(OC(C)C)cc2)c1.